The van der Waals surface area contributed by atoms with Crippen LogP contribution in [0.3, 0.4) is 0 Å². The maximum Gasteiger partial charge on any atom is 0.416 e. The molecule has 1 aromatic carbocycles. The summed E-state index contributed by atoms with van der Waals surface area (Å²) < 4.78 is 38.8. The first kappa shape index (κ1) is 19.0. The molecule has 3 rings (SSSR count). The van der Waals surface area contributed by atoms with Gasteiger partial charge in [-0.25, -0.2) is 9.97 Å². The van der Waals surface area contributed by atoms with Crippen molar-refractivity contribution in [3.05, 3.63) is 47.3 Å². The van der Waals surface area contributed by atoms with Crippen molar-refractivity contribution in [2.45, 2.75) is 32.0 Å². The maximum atomic E-state index is 12.9. The van der Waals surface area contributed by atoms with E-state index in [0.717, 1.165) is 30.7 Å². The van der Waals surface area contributed by atoms with Crippen molar-refractivity contribution in [3.63, 3.8) is 0 Å². The van der Waals surface area contributed by atoms with E-state index < -0.39 is 11.7 Å². The van der Waals surface area contributed by atoms with Gasteiger partial charge in [-0.3, -0.25) is 0 Å². The average Bonchev–Trinajstić information content (AvgIpc) is 2.66. The largest absolute Gasteiger partial charge is 0.416 e. The fourth-order valence-corrected chi connectivity index (χ4v) is 3.34. The molecule has 1 aromatic heterocycles. The number of anilines is 2. The zero-order valence-electron chi connectivity index (χ0n) is 15.2. The Labute approximate surface area is 156 Å². The minimum atomic E-state index is -4.46. The van der Waals surface area contributed by atoms with Gasteiger partial charge in [0, 0.05) is 38.1 Å². The number of nitriles is 1. The van der Waals surface area contributed by atoms with E-state index in [0.29, 0.717) is 24.7 Å². The predicted octanol–water partition coefficient (Wildman–Crippen LogP) is 3.78. The normalized spacial score (nSPS) is 17.5. The molecule has 142 valence electrons. The van der Waals surface area contributed by atoms with E-state index in [9.17, 15) is 18.4 Å². The van der Waals surface area contributed by atoms with E-state index in [1.54, 1.807) is 6.20 Å². The molecule has 27 heavy (non-hydrogen) atoms. The summed E-state index contributed by atoms with van der Waals surface area (Å²) in [5.41, 5.74) is 0.643. The van der Waals surface area contributed by atoms with E-state index in [2.05, 4.69) is 9.97 Å². The van der Waals surface area contributed by atoms with E-state index in [1.807, 2.05) is 35.9 Å². The van der Waals surface area contributed by atoms with Gasteiger partial charge < -0.3 is 9.80 Å². The molecule has 0 saturated carbocycles. The van der Waals surface area contributed by atoms with Crippen LogP contribution in [0.2, 0.25) is 0 Å². The highest BCUT2D eigenvalue weighted by atomic mass is 19.4. The van der Waals surface area contributed by atoms with Crippen molar-refractivity contribution < 1.29 is 13.2 Å². The van der Waals surface area contributed by atoms with Crippen molar-refractivity contribution >= 4 is 11.6 Å². The summed E-state index contributed by atoms with van der Waals surface area (Å²) in [6, 6.07) is 7.19. The third kappa shape index (κ3) is 4.13. The van der Waals surface area contributed by atoms with Gasteiger partial charge in [-0.05, 0) is 44.0 Å². The van der Waals surface area contributed by atoms with E-state index in [4.69, 9.17) is 0 Å². The van der Waals surface area contributed by atoms with Crippen LogP contribution < -0.4 is 9.80 Å². The van der Waals surface area contributed by atoms with E-state index >= 15 is 0 Å². The van der Waals surface area contributed by atoms with Gasteiger partial charge in [0.1, 0.15) is 6.07 Å². The smallest absolute Gasteiger partial charge is 0.368 e. The summed E-state index contributed by atoms with van der Waals surface area (Å²) in [6.45, 7) is 3.18. The van der Waals surface area contributed by atoms with E-state index in [-0.39, 0.29) is 11.6 Å². The zero-order chi connectivity index (χ0) is 19.6. The highest BCUT2D eigenvalue weighted by Crippen LogP contribution is 2.34. The number of aryl methyl sites for hydroxylation is 1. The molecule has 0 aliphatic carbocycles. The number of likely N-dealkylation sites (N-methyl/N-ethyl adjacent to an activating group) is 1. The third-order valence-corrected chi connectivity index (χ3v) is 4.83. The van der Waals surface area contributed by atoms with Crippen LogP contribution in [0.4, 0.5) is 24.8 Å². The molecule has 8 heteroatoms. The van der Waals surface area contributed by atoms with E-state index in [1.165, 1.54) is 6.07 Å². The minimum Gasteiger partial charge on any atom is -0.368 e. The molecule has 5 nitrogen and oxygen atoms in total. The number of nitrogens with zero attached hydrogens (tertiary/aromatic N) is 5. The fourth-order valence-electron chi connectivity index (χ4n) is 3.34. The van der Waals surface area contributed by atoms with Crippen LogP contribution in [-0.4, -0.2) is 36.1 Å². The molecule has 1 saturated heterocycles. The van der Waals surface area contributed by atoms with Crippen LogP contribution in [0.15, 0.2) is 30.5 Å². The van der Waals surface area contributed by atoms with Crippen LogP contribution in [0.5, 0.6) is 0 Å². The molecule has 2 aromatic rings. The number of hydrogen-bond acceptors (Lipinski definition) is 5. The first-order valence-electron chi connectivity index (χ1n) is 8.68. The molecule has 0 bridgehead atoms. The molecule has 1 aliphatic rings. The number of benzene rings is 1. The lowest BCUT2D eigenvalue weighted by atomic mass is 10.0. The quantitative estimate of drug-likeness (QED) is 0.817. The number of hydrogen-bond donors (Lipinski definition) is 0. The van der Waals surface area contributed by atoms with Crippen LogP contribution in [0.25, 0.3) is 0 Å². The molecule has 2 heterocycles. The zero-order valence-corrected chi connectivity index (χ0v) is 15.2. The van der Waals surface area contributed by atoms with Crippen LogP contribution in [-0.2, 0) is 6.18 Å². The van der Waals surface area contributed by atoms with Gasteiger partial charge in [0.15, 0.2) is 0 Å². The van der Waals surface area contributed by atoms with Crippen molar-refractivity contribution in [1.29, 1.82) is 5.26 Å². The molecule has 0 amide bonds. The second-order valence-electron chi connectivity index (χ2n) is 6.69. The van der Waals surface area contributed by atoms with Crippen molar-refractivity contribution in [3.8, 4) is 6.07 Å². The predicted molar refractivity (Wildman–Crippen MR) is 96.6 cm³/mol. The Morgan fingerprint density at radius 2 is 2.07 bits per heavy atom. The summed E-state index contributed by atoms with van der Waals surface area (Å²) in [5.74, 6) is 0.620. The van der Waals surface area contributed by atoms with Crippen LogP contribution >= 0.6 is 0 Å². The Balaban J connectivity index is 1.83. The molecule has 1 atom stereocenters. The topological polar surface area (TPSA) is 56.1 Å². The Morgan fingerprint density at radius 1 is 1.30 bits per heavy atom. The fraction of sp³-hybridized carbons (Fsp3) is 0.421. The lowest BCUT2D eigenvalue weighted by Crippen LogP contribution is -2.47. The molecule has 0 spiro atoms. The summed E-state index contributed by atoms with van der Waals surface area (Å²) in [6.07, 6.45) is -0.963. The summed E-state index contributed by atoms with van der Waals surface area (Å²) in [5, 5.41) is 9.35. The summed E-state index contributed by atoms with van der Waals surface area (Å²) in [4.78, 5) is 12.7. The number of piperidine rings is 1. The lowest BCUT2D eigenvalue weighted by molar-refractivity contribution is -0.137. The maximum absolute atomic E-state index is 12.9. The first-order valence-corrected chi connectivity index (χ1v) is 8.68. The molecular weight excluding hydrogens is 355 g/mol. The lowest BCUT2D eigenvalue weighted by Gasteiger charge is -2.39. The second kappa shape index (κ2) is 7.43. The Hall–Kier alpha value is -2.82. The molecule has 1 unspecified atom stereocenters. The molecule has 1 fully saturated rings. The van der Waals surface area contributed by atoms with Crippen LogP contribution in [0, 0.1) is 18.3 Å². The van der Waals surface area contributed by atoms with Crippen LogP contribution in [0.1, 0.15) is 29.7 Å². The van der Waals surface area contributed by atoms with Gasteiger partial charge >= 0.3 is 6.18 Å². The monoisotopic (exact) mass is 375 g/mol. The number of halogens is 3. The molecular formula is C19H20F3N5. The third-order valence-electron chi connectivity index (χ3n) is 4.83. The SMILES string of the molecule is Cc1ccnc(N(C)C2CCCN(c3ccc(C(F)(F)F)cc3C#N)C2)n1. The first-order chi connectivity index (χ1) is 12.8. The van der Waals surface area contributed by atoms with Gasteiger partial charge in [0.2, 0.25) is 5.95 Å². The van der Waals surface area contributed by atoms with Crippen molar-refractivity contribution in [1.82, 2.24) is 9.97 Å². The molecule has 0 radical (unpaired) electrons. The van der Waals surface area contributed by atoms with Gasteiger partial charge in [-0.2, -0.15) is 18.4 Å². The average molecular weight is 375 g/mol. The molecule has 0 N–H and O–H groups in total. The Bertz CT molecular complexity index is 859. The van der Waals surface area contributed by atoms with Gasteiger partial charge in [0.05, 0.1) is 16.8 Å². The van der Waals surface area contributed by atoms with Crippen molar-refractivity contribution in [2.75, 3.05) is 29.9 Å². The van der Waals surface area contributed by atoms with Crippen molar-refractivity contribution in [2.24, 2.45) is 0 Å². The molecule has 1 aliphatic heterocycles. The number of alkyl halides is 3. The summed E-state index contributed by atoms with van der Waals surface area (Å²) in [7, 11) is 1.92. The van der Waals surface area contributed by atoms with Gasteiger partial charge in [-0.1, -0.05) is 0 Å². The Morgan fingerprint density at radius 3 is 2.74 bits per heavy atom. The minimum absolute atomic E-state index is 0.0416. The van der Waals surface area contributed by atoms with Gasteiger partial charge in [-0.15, -0.1) is 0 Å². The Kier molecular flexibility index (Phi) is 5.22. The highest BCUT2D eigenvalue weighted by molar-refractivity contribution is 5.61. The second-order valence-corrected chi connectivity index (χ2v) is 6.69. The number of rotatable bonds is 3. The number of aromatic nitrogens is 2. The standard InChI is InChI=1S/C19H20F3N5/c1-13-7-8-24-18(25-13)26(2)16-4-3-9-27(12-16)17-6-5-15(19(20,21)22)10-14(17)11-23/h5-8,10,16H,3-4,9,12H2,1-2H3. The highest BCUT2D eigenvalue weighted by Gasteiger charge is 2.32. The summed E-state index contributed by atoms with van der Waals surface area (Å²) >= 11 is 0. The van der Waals surface area contributed by atoms with Gasteiger partial charge in [0.25, 0.3) is 0 Å².